The van der Waals surface area contributed by atoms with Gasteiger partial charge < -0.3 is 10.4 Å². The van der Waals surface area contributed by atoms with Crippen LogP contribution in [-0.2, 0) is 9.59 Å². The normalized spacial score (nSPS) is 13.7. The van der Waals surface area contributed by atoms with Crippen molar-refractivity contribution < 1.29 is 14.7 Å². The lowest BCUT2D eigenvalue weighted by molar-refractivity contribution is -0.146. The molecule has 0 rings (SSSR count). The van der Waals surface area contributed by atoms with Gasteiger partial charge in [0.2, 0.25) is 5.91 Å². The second kappa shape index (κ2) is 6.88. The van der Waals surface area contributed by atoms with E-state index in [1.807, 2.05) is 0 Å². The molecule has 1 amide bonds. The molecule has 2 atom stereocenters. The predicted octanol–water partition coefficient (Wildman–Crippen LogP) is 0.873. The Morgan fingerprint density at radius 3 is 2.47 bits per heavy atom. The number of carboxylic acids is 1. The van der Waals surface area contributed by atoms with Crippen molar-refractivity contribution in [3.05, 3.63) is 0 Å². The number of hydrogen-bond donors (Lipinski definition) is 2. The number of aliphatic carboxylic acids is 1. The Kier molecular flexibility index (Phi) is 6.19. The van der Waals surface area contributed by atoms with Crippen LogP contribution in [0.5, 0.6) is 0 Å². The van der Waals surface area contributed by atoms with Gasteiger partial charge >= 0.3 is 5.97 Å². The summed E-state index contributed by atoms with van der Waals surface area (Å²) in [6.45, 7) is 3.63. The van der Waals surface area contributed by atoms with Crippen molar-refractivity contribution in [1.29, 1.82) is 0 Å². The Bertz CT molecular complexity index is 267. The van der Waals surface area contributed by atoms with E-state index in [9.17, 15) is 9.59 Å². The number of terminal acetylenes is 1. The topological polar surface area (TPSA) is 66.4 Å². The van der Waals surface area contributed by atoms with Gasteiger partial charge in [-0.15, -0.1) is 12.3 Å². The number of carbonyl (C=O) groups excluding carboxylic acids is 1. The molecule has 0 radical (unpaired) electrons. The second-order valence-electron chi connectivity index (χ2n) is 3.51. The highest BCUT2D eigenvalue weighted by Gasteiger charge is 2.25. The first-order valence-corrected chi connectivity index (χ1v) is 4.94. The summed E-state index contributed by atoms with van der Waals surface area (Å²) in [5.74, 6) is 0.0858. The summed E-state index contributed by atoms with van der Waals surface area (Å²) in [6.07, 6.45) is 6.39. The molecule has 0 spiro atoms. The Balaban J connectivity index is 3.90. The lowest BCUT2D eigenvalue weighted by atomic mass is 9.95. The van der Waals surface area contributed by atoms with Gasteiger partial charge in [-0.1, -0.05) is 13.8 Å². The summed E-state index contributed by atoms with van der Waals surface area (Å²) in [4.78, 5) is 22.0. The molecule has 0 aliphatic heterocycles. The smallest absolute Gasteiger partial charge is 0.307 e. The van der Waals surface area contributed by atoms with Gasteiger partial charge in [0.05, 0.1) is 5.92 Å². The second-order valence-corrected chi connectivity index (χ2v) is 3.51. The van der Waals surface area contributed by atoms with Gasteiger partial charge in [-0.05, 0) is 6.42 Å². The Hall–Kier alpha value is -1.50. The van der Waals surface area contributed by atoms with Crippen LogP contribution in [0.2, 0.25) is 0 Å². The van der Waals surface area contributed by atoms with E-state index >= 15 is 0 Å². The minimum absolute atomic E-state index is 0.234. The quantitative estimate of drug-likeness (QED) is 0.506. The highest BCUT2D eigenvalue weighted by molar-refractivity contribution is 5.84. The van der Waals surface area contributed by atoms with E-state index < -0.39 is 17.8 Å². The number of amides is 1. The maximum Gasteiger partial charge on any atom is 0.307 e. The molecule has 2 N–H and O–H groups in total. The van der Waals surface area contributed by atoms with Gasteiger partial charge in [0.25, 0.3) is 0 Å². The third kappa shape index (κ3) is 5.06. The molecule has 0 saturated heterocycles. The molecule has 0 aromatic carbocycles. The van der Waals surface area contributed by atoms with Crippen LogP contribution < -0.4 is 5.32 Å². The van der Waals surface area contributed by atoms with Gasteiger partial charge in [0.15, 0.2) is 0 Å². The van der Waals surface area contributed by atoms with Crippen molar-refractivity contribution in [2.24, 2.45) is 11.8 Å². The van der Waals surface area contributed by atoms with Gasteiger partial charge in [-0.2, -0.15) is 0 Å². The van der Waals surface area contributed by atoms with E-state index in [2.05, 4.69) is 11.2 Å². The first-order valence-electron chi connectivity index (χ1n) is 4.94. The van der Waals surface area contributed by atoms with Crippen LogP contribution >= 0.6 is 0 Å². The van der Waals surface area contributed by atoms with Crippen molar-refractivity contribution in [3.63, 3.8) is 0 Å². The number of unbranched alkanes of at least 4 members (excludes halogenated alkanes) is 1. The maximum atomic E-state index is 11.4. The van der Waals surface area contributed by atoms with Crippen LogP contribution in [0.25, 0.3) is 0 Å². The average molecular weight is 211 g/mol. The van der Waals surface area contributed by atoms with E-state index in [-0.39, 0.29) is 5.91 Å². The van der Waals surface area contributed by atoms with Crippen LogP contribution in [0, 0.1) is 24.2 Å². The largest absolute Gasteiger partial charge is 0.481 e. The van der Waals surface area contributed by atoms with E-state index in [1.165, 1.54) is 6.92 Å². The van der Waals surface area contributed by atoms with E-state index in [4.69, 9.17) is 11.5 Å². The highest BCUT2D eigenvalue weighted by atomic mass is 16.4. The molecule has 15 heavy (non-hydrogen) atoms. The Morgan fingerprint density at radius 2 is 2.00 bits per heavy atom. The van der Waals surface area contributed by atoms with E-state index in [0.29, 0.717) is 13.0 Å². The summed E-state index contributed by atoms with van der Waals surface area (Å²) in [5.41, 5.74) is 0. The Morgan fingerprint density at radius 1 is 1.40 bits per heavy atom. The molecular weight excluding hydrogens is 194 g/mol. The van der Waals surface area contributed by atoms with Crippen molar-refractivity contribution >= 4 is 11.9 Å². The highest BCUT2D eigenvalue weighted by Crippen LogP contribution is 2.10. The number of carbonyl (C=O) groups is 2. The fraction of sp³-hybridized carbons (Fsp3) is 0.636. The van der Waals surface area contributed by atoms with Crippen LogP contribution in [0.4, 0.5) is 0 Å². The van der Waals surface area contributed by atoms with Gasteiger partial charge in [-0.25, -0.2) is 0 Å². The van der Waals surface area contributed by atoms with Gasteiger partial charge in [-0.3, -0.25) is 9.59 Å². The third-order valence-corrected chi connectivity index (χ3v) is 2.35. The lowest BCUT2D eigenvalue weighted by Crippen LogP contribution is -2.35. The average Bonchev–Trinajstić information content (AvgIpc) is 2.21. The Labute approximate surface area is 90.1 Å². The first-order chi connectivity index (χ1) is 7.00. The third-order valence-electron chi connectivity index (χ3n) is 2.35. The first kappa shape index (κ1) is 13.5. The zero-order valence-electron chi connectivity index (χ0n) is 9.12. The summed E-state index contributed by atoms with van der Waals surface area (Å²) in [6, 6.07) is 0. The molecular formula is C11H17NO3. The van der Waals surface area contributed by atoms with Crippen molar-refractivity contribution in [2.75, 3.05) is 6.54 Å². The minimum Gasteiger partial charge on any atom is -0.481 e. The van der Waals surface area contributed by atoms with Crippen molar-refractivity contribution in [1.82, 2.24) is 5.32 Å². The number of nitrogens with one attached hydrogen (secondary N) is 1. The number of rotatable bonds is 6. The van der Waals surface area contributed by atoms with E-state index in [0.717, 1.165) is 6.42 Å². The molecule has 4 heteroatoms. The molecule has 0 bridgehead atoms. The molecule has 0 heterocycles. The molecule has 0 fully saturated rings. The van der Waals surface area contributed by atoms with E-state index in [1.54, 1.807) is 6.92 Å². The van der Waals surface area contributed by atoms with Crippen molar-refractivity contribution in [2.45, 2.75) is 26.7 Å². The zero-order chi connectivity index (χ0) is 11.8. The SMILES string of the molecule is C#CCCCNC(=O)C(C)C(C)C(=O)O. The van der Waals surface area contributed by atoms with Crippen LogP contribution in [-0.4, -0.2) is 23.5 Å². The summed E-state index contributed by atoms with van der Waals surface area (Å²) in [7, 11) is 0. The molecule has 2 unspecified atom stereocenters. The number of hydrogen-bond acceptors (Lipinski definition) is 2. The molecule has 0 saturated carbocycles. The van der Waals surface area contributed by atoms with Gasteiger partial charge in [0, 0.05) is 18.9 Å². The maximum absolute atomic E-state index is 11.4. The monoisotopic (exact) mass is 211 g/mol. The summed E-state index contributed by atoms with van der Waals surface area (Å²) in [5, 5.41) is 11.4. The lowest BCUT2D eigenvalue weighted by Gasteiger charge is -2.15. The van der Waals surface area contributed by atoms with Gasteiger partial charge in [0.1, 0.15) is 0 Å². The van der Waals surface area contributed by atoms with Crippen LogP contribution in [0.1, 0.15) is 26.7 Å². The fourth-order valence-electron chi connectivity index (χ4n) is 1.00. The predicted molar refractivity (Wildman–Crippen MR) is 57.0 cm³/mol. The zero-order valence-corrected chi connectivity index (χ0v) is 9.12. The molecule has 84 valence electrons. The molecule has 0 aliphatic rings. The van der Waals surface area contributed by atoms with Crippen molar-refractivity contribution in [3.8, 4) is 12.3 Å². The minimum atomic E-state index is -0.957. The number of carboxylic acid groups (broad SMARTS) is 1. The molecule has 0 aromatic heterocycles. The molecule has 0 aromatic rings. The molecule has 0 aliphatic carbocycles. The fourth-order valence-corrected chi connectivity index (χ4v) is 1.00. The molecule has 4 nitrogen and oxygen atoms in total. The summed E-state index contributed by atoms with van der Waals surface area (Å²) < 4.78 is 0. The van der Waals surface area contributed by atoms with Crippen LogP contribution in [0.3, 0.4) is 0 Å². The van der Waals surface area contributed by atoms with Crippen LogP contribution in [0.15, 0.2) is 0 Å². The standard InChI is InChI=1S/C11H17NO3/c1-4-5-6-7-12-10(13)8(2)9(3)11(14)15/h1,8-9H,5-7H2,2-3H3,(H,12,13)(H,14,15). The summed E-state index contributed by atoms with van der Waals surface area (Å²) >= 11 is 0.